The van der Waals surface area contributed by atoms with Gasteiger partial charge in [-0.05, 0) is 55.3 Å². The Kier molecular flexibility index (Phi) is 4.42. The Balaban J connectivity index is 1.40. The third kappa shape index (κ3) is 3.38. The summed E-state index contributed by atoms with van der Waals surface area (Å²) in [6.45, 7) is 3.51. The molecule has 2 aliphatic heterocycles. The van der Waals surface area contributed by atoms with Crippen molar-refractivity contribution in [2.75, 3.05) is 18.5 Å². The number of ether oxygens (including phenoxy) is 2. The number of hydrogen-bond donors (Lipinski definition) is 2. The highest BCUT2D eigenvalue weighted by Crippen LogP contribution is 2.36. The van der Waals surface area contributed by atoms with Gasteiger partial charge in [0.05, 0.1) is 18.8 Å². The third-order valence-electron chi connectivity index (χ3n) is 4.75. The highest BCUT2D eigenvalue weighted by Gasteiger charge is 2.41. The van der Waals surface area contributed by atoms with Gasteiger partial charge in [0.25, 0.3) is 5.91 Å². The summed E-state index contributed by atoms with van der Waals surface area (Å²) in [4.78, 5) is 12.4. The van der Waals surface area contributed by atoms with Gasteiger partial charge in [-0.15, -0.1) is 0 Å². The molecule has 1 amide bonds. The molecule has 3 unspecified atom stereocenters. The van der Waals surface area contributed by atoms with Gasteiger partial charge in [-0.3, -0.25) is 4.79 Å². The number of nitrogens with one attached hydrogen (secondary N) is 2. The SMILES string of the molecule is CCOc1ccc(NC(=O)c2ccc(C3OC4CNC3C4)cc2)cc1. The van der Waals surface area contributed by atoms with Gasteiger partial charge < -0.3 is 20.1 Å². The van der Waals surface area contributed by atoms with Crippen molar-refractivity contribution in [3.8, 4) is 5.75 Å². The zero-order valence-corrected chi connectivity index (χ0v) is 14.2. The van der Waals surface area contributed by atoms with Gasteiger partial charge in [-0.25, -0.2) is 0 Å². The Labute approximate surface area is 147 Å². The van der Waals surface area contributed by atoms with Crippen molar-refractivity contribution >= 4 is 11.6 Å². The van der Waals surface area contributed by atoms with Crippen LogP contribution in [-0.4, -0.2) is 31.2 Å². The Morgan fingerprint density at radius 2 is 1.96 bits per heavy atom. The van der Waals surface area contributed by atoms with Gasteiger partial charge in [0.1, 0.15) is 5.75 Å². The summed E-state index contributed by atoms with van der Waals surface area (Å²) in [7, 11) is 0. The van der Waals surface area contributed by atoms with Crippen molar-refractivity contribution in [2.45, 2.75) is 31.6 Å². The van der Waals surface area contributed by atoms with Crippen LogP contribution in [0.2, 0.25) is 0 Å². The molecule has 4 rings (SSSR count). The highest BCUT2D eigenvalue weighted by atomic mass is 16.5. The average molecular weight is 338 g/mol. The molecular weight excluding hydrogens is 316 g/mol. The minimum absolute atomic E-state index is 0.0990. The number of carbonyl (C=O) groups is 1. The zero-order chi connectivity index (χ0) is 17.2. The second-order valence-electron chi connectivity index (χ2n) is 6.46. The van der Waals surface area contributed by atoms with Crippen LogP contribution in [0.1, 0.15) is 35.4 Å². The summed E-state index contributed by atoms with van der Waals surface area (Å²) in [5.74, 6) is 0.673. The number of fused-ring (bicyclic) bond motifs is 2. The summed E-state index contributed by atoms with van der Waals surface area (Å²) in [5, 5.41) is 6.38. The second-order valence-corrected chi connectivity index (χ2v) is 6.46. The second kappa shape index (κ2) is 6.86. The predicted octanol–water partition coefficient (Wildman–Crippen LogP) is 3.14. The van der Waals surface area contributed by atoms with Crippen LogP contribution in [0.25, 0.3) is 0 Å². The van der Waals surface area contributed by atoms with Crippen LogP contribution in [0.3, 0.4) is 0 Å². The van der Waals surface area contributed by atoms with Crippen LogP contribution in [-0.2, 0) is 4.74 Å². The molecule has 2 aliphatic rings. The number of rotatable bonds is 5. The molecule has 0 saturated carbocycles. The minimum atomic E-state index is -0.123. The number of carbonyl (C=O) groups excluding carboxylic acids is 1. The van der Waals surface area contributed by atoms with E-state index in [-0.39, 0.29) is 12.0 Å². The maximum atomic E-state index is 12.4. The molecule has 2 aromatic carbocycles. The van der Waals surface area contributed by atoms with Crippen molar-refractivity contribution in [1.29, 1.82) is 0 Å². The van der Waals surface area contributed by atoms with Crippen molar-refractivity contribution < 1.29 is 14.3 Å². The molecule has 2 aromatic rings. The lowest BCUT2D eigenvalue weighted by Crippen LogP contribution is -2.34. The normalized spacial score (nSPS) is 24.3. The molecule has 5 nitrogen and oxygen atoms in total. The summed E-state index contributed by atoms with van der Waals surface area (Å²) in [5.41, 5.74) is 2.50. The van der Waals surface area contributed by atoms with Crippen LogP contribution in [0.5, 0.6) is 5.75 Å². The first-order chi connectivity index (χ1) is 12.2. The molecule has 2 fully saturated rings. The molecule has 130 valence electrons. The van der Waals surface area contributed by atoms with E-state index in [1.54, 1.807) is 0 Å². The number of amides is 1. The van der Waals surface area contributed by atoms with Crippen molar-refractivity contribution in [3.63, 3.8) is 0 Å². The Bertz CT molecular complexity index is 743. The Hall–Kier alpha value is -2.37. The molecule has 0 aliphatic carbocycles. The fourth-order valence-corrected chi connectivity index (χ4v) is 3.51. The quantitative estimate of drug-likeness (QED) is 0.879. The van der Waals surface area contributed by atoms with Crippen LogP contribution in [0, 0.1) is 0 Å². The molecule has 0 aromatic heterocycles. The van der Waals surface area contributed by atoms with Crippen molar-refractivity contribution in [1.82, 2.24) is 5.32 Å². The third-order valence-corrected chi connectivity index (χ3v) is 4.75. The standard InChI is InChI=1S/C20H22N2O3/c1-2-24-16-9-7-15(8-10-16)22-20(23)14-5-3-13(4-6-14)19-18-11-17(25-19)12-21-18/h3-10,17-19,21H,2,11-12H2,1H3,(H,22,23). The molecule has 2 bridgehead atoms. The average Bonchev–Trinajstić information content (AvgIpc) is 3.27. The fraction of sp³-hybridized carbons (Fsp3) is 0.350. The summed E-state index contributed by atoms with van der Waals surface area (Å²) >= 11 is 0. The highest BCUT2D eigenvalue weighted by molar-refractivity contribution is 6.04. The van der Waals surface area contributed by atoms with Crippen LogP contribution in [0.15, 0.2) is 48.5 Å². The van der Waals surface area contributed by atoms with E-state index in [0.29, 0.717) is 24.3 Å². The van der Waals surface area contributed by atoms with Gasteiger partial charge >= 0.3 is 0 Å². The van der Waals surface area contributed by atoms with Gasteiger partial charge in [0.2, 0.25) is 0 Å². The van der Waals surface area contributed by atoms with E-state index in [2.05, 4.69) is 10.6 Å². The first kappa shape index (κ1) is 16.1. The minimum Gasteiger partial charge on any atom is -0.494 e. The first-order valence-electron chi connectivity index (χ1n) is 8.76. The molecule has 3 atom stereocenters. The molecule has 2 heterocycles. The lowest BCUT2D eigenvalue weighted by molar-refractivity contribution is 0.0160. The van der Waals surface area contributed by atoms with E-state index in [1.807, 2.05) is 55.5 Å². The number of anilines is 1. The van der Waals surface area contributed by atoms with E-state index < -0.39 is 0 Å². The summed E-state index contributed by atoms with van der Waals surface area (Å²) in [6.07, 6.45) is 1.50. The van der Waals surface area contributed by atoms with E-state index in [1.165, 1.54) is 0 Å². The zero-order valence-electron chi connectivity index (χ0n) is 14.2. The largest absolute Gasteiger partial charge is 0.494 e. The number of morpholine rings is 1. The fourth-order valence-electron chi connectivity index (χ4n) is 3.51. The van der Waals surface area contributed by atoms with E-state index >= 15 is 0 Å². The maximum Gasteiger partial charge on any atom is 0.255 e. The molecule has 0 radical (unpaired) electrons. The van der Waals surface area contributed by atoms with Crippen molar-refractivity contribution in [3.05, 3.63) is 59.7 Å². The van der Waals surface area contributed by atoms with Gasteiger partial charge in [-0.2, -0.15) is 0 Å². The van der Waals surface area contributed by atoms with Crippen LogP contribution in [0.4, 0.5) is 5.69 Å². The molecular formula is C20H22N2O3. The lowest BCUT2D eigenvalue weighted by atomic mass is 10.0. The molecule has 5 heteroatoms. The van der Waals surface area contributed by atoms with E-state index in [9.17, 15) is 4.79 Å². The van der Waals surface area contributed by atoms with Crippen LogP contribution < -0.4 is 15.4 Å². The molecule has 25 heavy (non-hydrogen) atoms. The van der Waals surface area contributed by atoms with Gasteiger partial charge in [0.15, 0.2) is 0 Å². The molecule has 2 saturated heterocycles. The Morgan fingerprint density at radius 3 is 2.56 bits per heavy atom. The smallest absolute Gasteiger partial charge is 0.255 e. The Morgan fingerprint density at radius 1 is 1.20 bits per heavy atom. The maximum absolute atomic E-state index is 12.4. The number of hydrogen-bond acceptors (Lipinski definition) is 4. The van der Waals surface area contributed by atoms with Gasteiger partial charge in [-0.1, -0.05) is 12.1 Å². The van der Waals surface area contributed by atoms with Crippen molar-refractivity contribution in [2.24, 2.45) is 0 Å². The first-order valence-corrected chi connectivity index (χ1v) is 8.76. The van der Waals surface area contributed by atoms with E-state index in [4.69, 9.17) is 9.47 Å². The van der Waals surface area contributed by atoms with E-state index in [0.717, 1.165) is 30.0 Å². The molecule has 2 N–H and O–H groups in total. The summed E-state index contributed by atoms with van der Waals surface area (Å²) < 4.78 is 11.4. The predicted molar refractivity (Wildman–Crippen MR) is 96.0 cm³/mol. The lowest BCUT2D eigenvalue weighted by Gasteiger charge is -2.23. The van der Waals surface area contributed by atoms with Crippen LogP contribution >= 0.6 is 0 Å². The molecule has 0 spiro atoms. The number of benzene rings is 2. The summed E-state index contributed by atoms with van der Waals surface area (Å²) in [6, 6.07) is 15.5. The monoisotopic (exact) mass is 338 g/mol. The topological polar surface area (TPSA) is 59.6 Å². The van der Waals surface area contributed by atoms with Gasteiger partial charge in [0, 0.05) is 23.8 Å².